The zero-order valence-corrected chi connectivity index (χ0v) is 15.6. The summed E-state index contributed by atoms with van der Waals surface area (Å²) in [6.07, 6.45) is 11.5. The van der Waals surface area contributed by atoms with Gasteiger partial charge in [-0.1, -0.05) is 39.5 Å². The Kier molecular flexibility index (Phi) is 11.5. The Balaban J connectivity index is 0. The summed E-state index contributed by atoms with van der Waals surface area (Å²) in [6.45, 7) is 6.97. The molecule has 0 aliphatic rings. The minimum atomic E-state index is -10.7. The van der Waals surface area contributed by atoms with Gasteiger partial charge in [0.05, 0.1) is 0 Å². The molecule has 0 aliphatic heterocycles. The maximum atomic E-state index is 9.87. The van der Waals surface area contributed by atoms with Gasteiger partial charge in [-0.05, 0) is 43.5 Å². The average Bonchev–Trinajstić information content (AvgIpc) is 2.33. The van der Waals surface area contributed by atoms with Crippen molar-refractivity contribution in [1.29, 1.82) is 0 Å². The Labute approximate surface area is 134 Å². The summed E-state index contributed by atoms with van der Waals surface area (Å²) in [4.78, 5) is 0. The van der Waals surface area contributed by atoms with Crippen LogP contribution in [-0.2, 0) is 10.9 Å². The van der Waals surface area contributed by atoms with Crippen molar-refractivity contribution in [1.82, 2.24) is 0 Å². The van der Waals surface area contributed by atoms with E-state index in [9.17, 15) is 25.2 Å². The molecule has 0 aromatic carbocycles. The molecular formula is C14H31F6PS. The van der Waals surface area contributed by atoms with Crippen LogP contribution in [0, 0.1) is 0 Å². The molecule has 0 heterocycles. The van der Waals surface area contributed by atoms with Crippen LogP contribution in [0.3, 0.4) is 0 Å². The number of rotatable bonds is 11. The molecule has 0 aromatic heterocycles. The van der Waals surface area contributed by atoms with E-state index in [-0.39, 0.29) is 0 Å². The quantitative estimate of drug-likeness (QED) is 0.148. The summed E-state index contributed by atoms with van der Waals surface area (Å²) >= 11 is 0. The molecule has 0 rings (SSSR count). The summed E-state index contributed by atoms with van der Waals surface area (Å²) in [7, 11) is -9.90. The van der Waals surface area contributed by atoms with Gasteiger partial charge in [-0.25, -0.2) is 0 Å². The standard InChI is InChI=1S/C14H31S.F6P/c1-4-7-9-11-13-15(6-3)14-12-10-8-5-2;1-7(2,3,4,5)6/h4-14H2,1-3H3;/q+1;-1. The molecule has 0 amide bonds. The second-order valence-corrected chi connectivity index (χ2v) is 9.92. The van der Waals surface area contributed by atoms with Crippen LogP contribution in [-0.4, -0.2) is 17.3 Å². The summed E-state index contributed by atoms with van der Waals surface area (Å²) in [5, 5.41) is 0. The van der Waals surface area contributed by atoms with Crippen LogP contribution in [0.5, 0.6) is 0 Å². The fraction of sp³-hybridized carbons (Fsp3) is 1.00. The first-order valence-electron chi connectivity index (χ1n) is 8.00. The van der Waals surface area contributed by atoms with Gasteiger partial charge in [0.25, 0.3) is 0 Å². The van der Waals surface area contributed by atoms with E-state index in [0.717, 1.165) is 10.9 Å². The van der Waals surface area contributed by atoms with Gasteiger partial charge >= 0.3 is 33.0 Å². The summed E-state index contributed by atoms with van der Waals surface area (Å²) < 4.78 is 59.2. The second kappa shape index (κ2) is 10.3. The van der Waals surface area contributed by atoms with Crippen molar-refractivity contribution in [2.45, 2.75) is 72.1 Å². The molecule has 0 unspecified atom stereocenters. The molecule has 0 spiro atoms. The van der Waals surface area contributed by atoms with Crippen LogP contribution in [0.25, 0.3) is 0 Å². The molecule has 0 radical (unpaired) electrons. The van der Waals surface area contributed by atoms with Crippen molar-refractivity contribution in [3.05, 3.63) is 0 Å². The van der Waals surface area contributed by atoms with Gasteiger partial charge in [0.2, 0.25) is 0 Å². The van der Waals surface area contributed by atoms with Gasteiger partial charge in [-0.15, -0.1) is 0 Å². The van der Waals surface area contributed by atoms with Crippen LogP contribution in [0.4, 0.5) is 25.2 Å². The van der Waals surface area contributed by atoms with E-state index in [0.29, 0.717) is 0 Å². The molecule has 0 aromatic rings. The summed E-state index contributed by atoms with van der Waals surface area (Å²) in [5.74, 6) is 4.46. The first-order valence-corrected chi connectivity index (χ1v) is 11.8. The SMILES string of the molecule is CCCCCC[S+](CC)CCCCCC.F[P-](F)(F)(F)(F)F. The predicted molar refractivity (Wildman–Crippen MR) is 89.5 cm³/mol. The van der Waals surface area contributed by atoms with E-state index in [1.807, 2.05) is 0 Å². The fourth-order valence-electron chi connectivity index (χ4n) is 1.86. The minimum absolute atomic E-state index is 0.762. The van der Waals surface area contributed by atoms with E-state index in [1.54, 1.807) is 0 Å². The Morgan fingerprint density at radius 1 is 0.591 bits per heavy atom. The van der Waals surface area contributed by atoms with Crippen molar-refractivity contribution < 1.29 is 25.2 Å². The molecule has 0 aliphatic carbocycles. The second-order valence-electron chi connectivity index (χ2n) is 5.39. The fourth-order valence-corrected chi connectivity index (χ4v) is 3.86. The number of hydrogen-bond donors (Lipinski definition) is 0. The molecule has 0 bridgehead atoms. The summed E-state index contributed by atoms with van der Waals surface area (Å²) in [6, 6.07) is 0. The van der Waals surface area contributed by atoms with Crippen LogP contribution in [0.15, 0.2) is 0 Å². The van der Waals surface area contributed by atoms with Gasteiger partial charge in [-0.2, -0.15) is 0 Å². The predicted octanol–water partition coefficient (Wildman–Crippen LogP) is 8.17. The van der Waals surface area contributed by atoms with Gasteiger partial charge in [0.15, 0.2) is 0 Å². The van der Waals surface area contributed by atoms with Gasteiger partial charge in [0.1, 0.15) is 17.3 Å². The number of halogens is 6. The van der Waals surface area contributed by atoms with Crippen molar-refractivity contribution in [3.63, 3.8) is 0 Å². The topological polar surface area (TPSA) is 0 Å². The normalized spacial score (nSPS) is 15.0. The van der Waals surface area contributed by atoms with Crippen LogP contribution in [0.1, 0.15) is 72.1 Å². The van der Waals surface area contributed by atoms with E-state index in [2.05, 4.69) is 20.8 Å². The third kappa shape index (κ3) is 37.0. The summed E-state index contributed by atoms with van der Waals surface area (Å²) in [5.41, 5.74) is 0. The monoisotopic (exact) mass is 376 g/mol. The molecule has 22 heavy (non-hydrogen) atoms. The Bertz CT molecular complexity index is 240. The Hall–Kier alpha value is 0.360. The third-order valence-corrected chi connectivity index (χ3v) is 5.53. The average molecular weight is 376 g/mol. The van der Waals surface area contributed by atoms with E-state index in [4.69, 9.17) is 0 Å². The molecule has 0 fully saturated rings. The van der Waals surface area contributed by atoms with Crippen molar-refractivity contribution in [2.75, 3.05) is 17.3 Å². The molecule has 0 N–H and O–H groups in total. The molecule has 8 heteroatoms. The van der Waals surface area contributed by atoms with E-state index < -0.39 is 7.81 Å². The Morgan fingerprint density at radius 2 is 0.909 bits per heavy atom. The zero-order chi connectivity index (χ0) is 17.8. The van der Waals surface area contributed by atoms with Crippen molar-refractivity contribution in [3.8, 4) is 0 Å². The molecule has 0 nitrogen and oxygen atoms in total. The van der Waals surface area contributed by atoms with E-state index in [1.165, 1.54) is 68.6 Å². The van der Waals surface area contributed by atoms with Crippen LogP contribution >= 0.6 is 7.81 Å². The van der Waals surface area contributed by atoms with Gasteiger partial charge in [0, 0.05) is 0 Å². The third-order valence-electron chi connectivity index (χ3n) is 2.98. The van der Waals surface area contributed by atoms with Gasteiger partial charge < -0.3 is 0 Å². The van der Waals surface area contributed by atoms with Gasteiger partial charge in [-0.3, -0.25) is 0 Å². The van der Waals surface area contributed by atoms with E-state index >= 15 is 0 Å². The molecule has 0 saturated heterocycles. The maximum absolute atomic E-state index is 10.7. The number of unbranched alkanes of at least 4 members (excludes halogenated alkanes) is 6. The van der Waals surface area contributed by atoms with Crippen LogP contribution < -0.4 is 0 Å². The molecule has 140 valence electrons. The molecule has 0 atom stereocenters. The van der Waals surface area contributed by atoms with Crippen LogP contribution in [0.2, 0.25) is 0 Å². The van der Waals surface area contributed by atoms with Crippen molar-refractivity contribution >= 4 is 18.7 Å². The first kappa shape index (κ1) is 24.6. The Morgan fingerprint density at radius 3 is 1.14 bits per heavy atom. The number of hydrogen-bond acceptors (Lipinski definition) is 0. The van der Waals surface area contributed by atoms with Crippen molar-refractivity contribution in [2.24, 2.45) is 0 Å². The molecular weight excluding hydrogens is 345 g/mol. The molecule has 0 saturated carbocycles. The first-order chi connectivity index (χ1) is 9.80. The zero-order valence-electron chi connectivity index (χ0n) is 13.9.